The summed E-state index contributed by atoms with van der Waals surface area (Å²) in [6, 6.07) is 18.3. The van der Waals surface area contributed by atoms with Gasteiger partial charge in [0, 0.05) is 11.4 Å². The second kappa shape index (κ2) is 7.26. The Labute approximate surface area is 181 Å². The van der Waals surface area contributed by atoms with Gasteiger partial charge in [0.25, 0.3) is 5.91 Å². The van der Waals surface area contributed by atoms with Crippen molar-refractivity contribution in [1.29, 1.82) is 0 Å². The molecule has 0 spiro atoms. The van der Waals surface area contributed by atoms with Crippen LogP contribution < -0.4 is 16.0 Å². The van der Waals surface area contributed by atoms with E-state index in [1.807, 2.05) is 38.1 Å². The highest BCUT2D eigenvalue weighted by molar-refractivity contribution is 7.80. The molecule has 0 aromatic heterocycles. The van der Waals surface area contributed by atoms with E-state index in [0.29, 0.717) is 10.7 Å². The molecule has 3 aromatic carbocycles. The zero-order chi connectivity index (χ0) is 20.8. The van der Waals surface area contributed by atoms with E-state index in [-0.39, 0.29) is 11.9 Å². The maximum atomic E-state index is 13.4. The highest BCUT2D eigenvalue weighted by Crippen LogP contribution is 2.38. The molecule has 2 aliphatic rings. The van der Waals surface area contributed by atoms with E-state index in [9.17, 15) is 4.79 Å². The summed E-state index contributed by atoms with van der Waals surface area (Å²) in [6.45, 7) is 3.92. The third-order valence-corrected chi connectivity index (χ3v) is 6.23. The van der Waals surface area contributed by atoms with Crippen molar-refractivity contribution < 1.29 is 4.79 Å². The maximum Gasteiger partial charge on any atom is 0.255 e. The normalized spacial score (nSPS) is 17.7. The summed E-state index contributed by atoms with van der Waals surface area (Å²) in [4.78, 5) is 13.4. The van der Waals surface area contributed by atoms with E-state index in [1.165, 1.54) is 21.9 Å². The number of amides is 1. The van der Waals surface area contributed by atoms with Gasteiger partial charge in [-0.15, -0.1) is 0 Å². The van der Waals surface area contributed by atoms with Gasteiger partial charge < -0.3 is 16.0 Å². The molecule has 30 heavy (non-hydrogen) atoms. The molecule has 150 valence electrons. The number of aryl methyl sites for hydroxylation is 3. The second-order valence-electron chi connectivity index (χ2n) is 8.05. The Morgan fingerprint density at radius 2 is 1.80 bits per heavy atom. The van der Waals surface area contributed by atoms with E-state index in [1.54, 1.807) is 0 Å². The van der Waals surface area contributed by atoms with Crippen LogP contribution in [0.1, 0.15) is 35.2 Å². The van der Waals surface area contributed by atoms with Gasteiger partial charge in [0.05, 0.1) is 11.6 Å². The Morgan fingerprint density at radius 1 is 1.03 bits per heavy atom. The number of anilines is 1. The fourth-order valence-corrected chi connectivity index (χ4v) is 4.94. The minimum Gasteiger partial charge on any atom is -0.351 e. The van der Waals surface area contributed by atoms with Crippen LogP contribution in [0, 0.1) is 6.92 Å². The Morgan fingerprint density at radius 3 is 2.60 bits per heavy atom. The molecule has 3 N–H and O–H groups in total. The molecule has 0 saturated carbocycles. The van der Waals surface area contributed by atoms with Crippen molar-refractivity contribution in [3.8, 4) is 0 Å². The van der Waals surface area contributed by atoms with Crippen LogP contribution in [0.5, 0.6) is 0 Å². The van der Waals surface area contributed by atoms with Gasteiger partial charge in [-0.2, -0.15) is 0 Å². The monoisotopic (exact) mass is 413 g/mol. The first kappa shape index (κ1) is 18.8. The third-order valence-electron chi connectivity index (χ3n) is 6.01. The van der Waals surface area contributed by atoms with Crippen molar-refractivity contribution in [2.24, 2.45) is 0 Å². The number of carbonyl (C=O) groups excluding carboxylic acids is 1. The highest BCUT2D eigenvalue weighted by atomic mass is 32.1. The van der Waals surface area contributed by atoms with Crippen molar-refractivity contribution in [2.75, 3.05) is 5.32 Å². The van der Waals surface area contributed by atoms with Crippen LogP contribution in [-0.4, -0.2) is 11.0 Å². The lowest BCUT2D eigenvalue weighted by Gasteiger charge is -2.31. The molecule has 1 atom stereocenters. The minimum atomic E-state index is -0.312. The summed E-state index contributed by atoms with van der Waals surface area (Å²) in [5, 5.41) is 12.6. The molecule has 1 amide bonds. The topological polar surface area (TPSA) is 53.2 Å². The number of rotatable bonds is 3. The predicted octanol–water partition coefficient (Wildman–Crippen LogP) is 4.68. The number of nitrogens with one attached hydrogen (secondary N) is 3. The largest absolute Gasteiger partial charge is 0.351 e. The lowest BCUT2D eigenvalue weighted by atomic mass is 9.89. The van der Waals surface area contributed by atoms with E-state index in [4.69, 9.17) is 12.2 Å². The first-order valence-corrected chi connectivity index (χ1v) is 10.6. The molecular weight excluding hydrogens is 390 g/mol. The zero-order valence-electron chi connectivity index (χ0n) is 17.0. The Kier molecular flexibility index (Phi) is 4.55. The van der Waals surface area contributed by atoms with Crippen LogP contribution in [0.25, 0.3) is 10.8 Å². The molecule has 0 radical (unpaired) electrons. The van der Waals surface area contributed by atoms with Gasteiger partial charge in [-0.05, 0) is 84.1 Å². The molecule has 0 saturated heterocycles. The van der Waals surface area contributed by atoms with Crippen molar-refractivity contribution in [2.45, 2.75) is 32.7 Å². The van der Waals surface area contributed by atoms with Crippen LogP contribution in [0.3, 0.4) is 0 Å². The molecule has 1 aliphatic heterocycles. The summed E-state index contributed by atoms with van der Waals surface area (Å²) < 4.78 is 0. The molecule has 5 heteroatoms. The SMILES string of the molecule is CC1=C(C(=O)Nc2cccc(C)c2)C(c2ccc3c4c(cccc24)CC3)NC(=S)N1. The van der Waals surface area contributed by atoms with Gasteiger partial charge in [0.2, 0.25) is 0 Å². The number of carbonyl (C=O) groups is 1. The number of thiocarbonyl (C=S) groups is 1. The molecule has 1 heterocycles. The fraction of sp³-hybridized carbons (Fsp3) is 0.200. The van der Waals surface area contributed by atoms with Gasteiger partial charge >= 0.3 is 0 Å². The van der Waals surface area contributed by atoms with Gasteiger partial charge in [-0.1, -0.05) is 42.5 Å². The first-order chi connectivity index (χ1) is 14.5. The van der Waals surface area contributed by atoms with Crippen molar-refractivity contribution in [1.82, 2.24) is 10.6 Å². The Balaban J connectivity index is 1.60. The summed E-state index contributed by atoms with van der Waals surface area (Å²) in [5.41, 5.74) is 7.16. The van der Waals surface area contributed by atoms with Crippen molar-refractivity contribution in [3.63, 3.8) is 0 Å². The molecular formula is C25H23N3OS. The van der Waals surface area contributed by atoms with Crippen molar-refractivity contribution >= 4 is 39.7 Å². The molecule has 1 aliphatic carbocycles. The Hall–Kier alpha value is -3.18. The first-order valence-electron chi connectivity index (χ1n) is 10.2. The second-order valence-corrected chi connectivity index (χ2v) is 8.46. The molecule has 1 unspecified atom stereocenters. The average Bonchev–Trinajstić information content (AvgIpc) is 3.12. The van der Waals surface area contributed by atoms with Crippen LogP contribution in [-0.2, 0) is 17.6 Å². The summed E-state index contributed by atoms with van der Waals surface area (Å²) in [7, 11) is 0. The van der Waals surface area contributed by atoms with Crippen molar-refractivity contribution in [3.05, 3.63) is 88.1 Å². The number of hydrogen-bond acceptors (Lipinski definition) is 2. The van der Waals surface area contributed by atoms with E-state index in [2.05, 4.69) is 46.3 Å². The number of benzene rings is 3. The summed E-state index contributed by atoms with van der Waals surface area (Å²) in [5.74, 6) is -0.131. The van der Waals surface area contributed by atoms with Crippen LogP contribution in [0.15, 0.2) is 65.9 Å². The van der Waals surface area contributed by atoms with Gasteiger partial charge in [0.1, 0.15) is 0 Å². The van der Waals surface area contributed by atoms with Crippen LogP contribution in [0.4, 0.5) is 5.69 Å². The minimum absolute atomic E-state index is 0.131. The summed E-state index contributed by atoms with van der Waals surface area (Å²) >= 11 is 5.44. The molecule has 5 rings (SSSR count). The predicted molar refractivity (Wildman–Crippen MR) is 125 cm³/mol. The number of hydrogen-bond donors (Lipinski definition) is 3. The standard InChI is InChI=1S/C25H23N3OS/c1-14-5-3-7-18(13-14)27-24(29)21-15(2)26-25(30)28-23(21)20-12-11-17-10-9-16-6-4-8-19(20)22(16)17/h3-8,11-13,23H,9-10H2,1-2H3,(H,27,29)(H2,26,28,30). The lowest BCUT2D eigenvalue weighted by Crippen LogP contribution is -2.45. The van der Waals surface area contributed by atoms with Gasteiger partial charge in [0.15, 0.2) is 5.11 Å². The third kappa shape index (κ3) is 3.15. The summed E-state index contributed by atoms with van der Waals surface area (Å²) in [6.07, 6.45) is 2.15. The fourth-order valence-electron chi connectivity index (χ4n) is 4.67. The quantitative estimate of drug-likeness (QED) is 0.546. The smallest absolute Gasteiger partial charge is 0.255 e. The maximum absolute atomic E-state index is 13.4. The van der Waals surface area contributed by atoms with E-state index < -0.39 is 0 Å². The van der Waals surface area contributed by atoms with Crippen LogP contribution in [0.2, 0.25) is 0 Å². The molecule has 0 fully saturated rings. The van der Waals surface area contributed by atoms with E-state index in [0.717, 1.165) is 35.4 Å². The molecule has 4 nitrogen and oxygen atoms in total. The molecule has 3 aromatic rings. The van der Waals surface area contributed by atoms with Crippen LogP contribution >= 0.6 is 12.2 Å². The Bertz CT molecular complexity index is 1230. The zero-order valence-corrected chi connectivity index (χ0v) is 17.8. The average molecular weight is 414 g/mol. The number of allylic oxidation sites excluding steroid dienone is 1. The lowest BCUT2D eigenvalue weighted by molar-refractivity contribution is -0.113. The van der Waals surface area contributed by atoms with E-state index >= 15 is 0 Å². The van der Waals surface area contributed by atoms with Gasteiger partial charge in [-0.3, -0.25) is 4.79 Å². The molecule has 0 bridgehead atoms. The highest BCUT2D eigenvalue weighted by Gasteiger charge is 2.32. The van der Waals surface area contributed by atoms with Gasteiger partial charge in [-0.25, -0.2) is 0 Å².